The van der Waals surface area contributed by atoms with Crippen molar-refractivity contribution >= 4 is 22.6 Å². The number of nitrogens with zero attached hydrogens (tertiary/aromatic N) is 1. The molecule has 0 aliphatic carbocycles. The summed E-state index contributed by atoms with van der Waals surface area (Å²) < 4.78 is 20.3. The Hall–Kier alpha value is -1.21. The molecule has 0 saturated carbocycles. The minimum absolute atomic E-state index is 0.0638. The van der Waals surface area contributed by atoms with Crippen molar-refractivity contribution in [1.82, 2.24) is 10.3 Å². The van der Waals surface area contributed by atoms with Gasteiger partial charge in [0.25, 0.3) is 0 Å². The number of hydrogen-bond acceptors (Lipinski definition) is 3. The van der Waals surface area contributed by atoms with Gasteiger partial charge in [-0.15, -0.1) is 0 Å². The van der Waals surface area contributed by atoms with Crippen LogP contribution in [-0.4, -0.2) is 10.5 Å². The third-order valence-electron chi connectivity index (χ3n) is 2.71. The van der Waals surface area contributed by atoms with E-state index in [9.17, 15) is 4.39 Å². The third kappa shape index (κ3) is 5.24. The van der Waals surface area contributed by atoms with Crippen LogP contribution in [0.3, 0.4) is 0 Å². The van der Waals surface area contributed by atoms with Crippen molar-refractivity contribution in [1.29, 1.82) is 0 Å². The zero-order chi connectivity index (χ0) is 15.5. The minimum Gasteiger partial charge on any atom is -0.439 e. The van der Waals surface area contributed by atoms with Gasteiger partial charge in [-0.2, -0.15) is 0 Å². The van der Waals surface area contributed by atoms with Gasteiger partial charge in [-0.25, -0.2) is 9.37 Å². The van der Waals surface area contributed by atoms with Crippen LogP contribution in [0.4, 0.5) is 4.39 Å². The average Bonchev–Trinajstić information content (AvgIpc) is 2.38. The first-order valence-corrected chi connectivity index (χ1v) is 7.74. The second-order valence-corrected chi connectivity index (χ2v) is 7.03. The molecule has 5 heteroatoms. The predicted octanol–water partition coefficient (Wildman–Crippen LogP) is 4.51. The molecule has 2 aromatic rings. The summed E-state index contributed by atoms with van der Waals surface area (Å²) >= 11 is 2.22. The van der Waals surface area contributed by atoms with Crippen LogP contribution in [0.15, 0.2) is 36.5 Å². The van der Waals surface area contributed by atoms with Crippen molar-refractivity contribution < 1.29 is 9.13 Å². The zero-order valence-electron chi connectivity index (χ0n) is 12.3. The quantitative estimate of drug-likeness (QED) is 0.768. The molecule has 0 fully saturated rings. The van der Waals surface area contributed by atoms with Crippen molar-refractivity contribution in [2.24, 2.45) is 0 Å². The van der Waals surface area contributed by atoms with E-state index in [4.69, 9.17) is 4.74 Å². The molecule has 21 heavy (non-hydrogen) atoms. The lowest BCUT2D eigenvalue weighted by molar-refractivity contribution is 0.407. The van der Waals surface area contributed by atoms with Gasteiger partial charge in [0, 0.05) is 21.2 Å². The molecule has 0 spiro atoms. The van der Waals surface area contributed by atoms with Crippen LogP contribution in [0, 0.1) is 9.39 Å². The van der Waals surface area contributed by atoms with Gasteiger partial charge in [0.15, 0.2) is 0 Å². The molecule has 0 radical (unpaired) electrons. The number of benzene rings is 1. The van der Waals surface area contributed by atoms with Crippen LogP contribution in [0.5, 0.6) is 11.6 Å². The summed E-state index contributed by atoms with van der Waals surface area (Å²) in [5.74, 6) is 0.754. The Balaban J connectivity index is 2.22. The fraction of sp³-hybridized carbons (Fsp3) is 0.312. The molecule has 1 heterocycles. The second kappa shape index (κ2) is 6.70. The molecular formula is C16H18FIN2O. The Labute approximate surface area is 138 Å². The number of aromatic nitrogens is 1. The van der Waals surface area contributed by atoms with E-state index in [1.54, 1.807) is 0 Å². The molecule has 0 bridgehead atoms. The number of pyridine rings is 1. The number of ether oxygens (including phenoxy) is 1. The molecule has 1 aromatic carbocycles. The number of nitrogens with one attached hydrogen (secondary N) is 1. The first kappa shape index (κ1) is 16.2. The minimum atomic E-state index is -0.365. The van der Waals surface area contributed by atoms with Gasteiger partial charge in [0.1, 0.15) is 11.6 Å². The largest absolute Gasteiger partial charge is 0.439 e. The van der Waals surface area contributed by atoms with Gasteiger partial charge in [-0.1, -0.05) is 6.07 Å². The highest BCUT2D eigenvalue weighted by Gasteiger charge is 2.13. The van der Waals surface area contributed by atoms with Gasteiger partial charge < -0.3 is 10.1 Å². The Kier molecular flexibility index (Phi) is 5.16. The Morgan fingerprint density at radius 2 is 2.05 bits per heavy atom. The maximum atomic E-state index is 13.4. The summed E-state index contributed by atoms with van der Waals surface area (Å²) in [6.07, 6.45) is 1.17. The summed E-state index contributed by atoms with van der Waals surface area (Å²) in [7, 11) is 0. The molecule has 0 aliphatic heterocycles. The molecule has 0 aliphatic rings. The second-order valence-electron chi connectivity index (χ2n) is 5.78. The highest BCUT2D eigenvalue weighted by Crippen LogP contribution is 2.25. The first-order chi connectivity index (χ1) is 9.83. The van der Waals surface area contributed by atoms with Gasteiger partial charge in [0.05, 0.1) is 6.20 Å². The molecule has 0 atom stereocenters. The van der Waals surface area contributed by atoms with Crippen molar-refractivity contribution in [2.45, 2.75) is 32.9 Å². The van der Waals surface area contributed by atoms with E-state index in [-0.39, 0.29) is 11.4 Å². The molecule has 1 aromatic heterocycles. The highest BCUT2D eigenvalue weighted by molar-refractivity contribution is 14.1. The normalized spacial score (nSPS) is 11.5. The van der Waals surface area contributed by atoms with Crippen LogP contribution < -0.4 is 10.1 Å². The summed E-state index contributed by atoms with van der Waals surface area (Å²) in [4.78, 5) is 4.06. The standard InChI is InChI=1S/C16H18FIN2O/c1-16(2,3)20-9-11-7-12(17)10-19-15(11)21-14-6-4-5-13(18)8-14/h4-8,10,20H,9H2,1-3H3. The third-order valence-corrected chi connectivity index (χ3v) is 3.38. The summed E-state index contributed by atoms with van der Waals surface area (Å²) in [5.41, 5.74) is 0.634. The number of halogens is 2. The van der Waals surface area contributed by atoms with Crippen molar-refractivity contribution in [3.63, 3.8) is 0 Å². The number of rotatable bonds is 4. The monoisotopic (exact) mass is 400 g/mol. The van der Waals surface area contributed by atoms with Crippen LogP contribution in [0.25, 0.3) is 0 Å². The van der Waals surface area contributed by atoms with Gasteiger partial charge in [0.2, 0.25) is 5.88 Å². The van der Waals surface area contributed by atoms with E-state index < -0.39 is 0 Å². The maximum absolute atomic E-state index is 13.4. The molecule has 112 valence electrons. The van der Waals surface area contributed by atoms with E-state index in [0.29, 0.717) is 23.7 Å². The van der Waals surface area contributed by atoms with Crippen LogP contribution in [0.1, 0.15) is 26.3 Å². The average molecular weight is 400 g/mol. The van der Waals surface area contributed by atoms with E-state index in [2.05, 4.69) is 53.7 Å². The summed E-state index contributed by atoms with van der Waals surface area (Å²) in [5, 5.41) is 3.31. The maximum Gasteiger partial charge on any atom is 0.223 e. The van der Waals surface area contributed by atoms with E-state index in [1.807, 2.05) is 24.3 Å². The van der Waals surface area contributed by atoms with Crippen LogP contribution in [0.2, 0.25) is 0 Å². The fourth-order valence-corrected chi connectivity index (χ4v) is 2.20. The predicted molar refractivity (Wildman–Crippen MR) is 90.0 cm³/mol. The van der Waals surface area contributed by atoms with E-state index in [0.717, 1.165) is 3.57 Å². The smallest absolute Gasteiger partial charge is 0.223 e. The van der Waals surface area contributed by atoms with E-state index >= 15 is 0 Å². The van der Waals surface area contributed by atoms with Crippen molar-refractivity contribution in [2.75, 3.05) is 0 Å². The lowest BCUT2D eigenvalue weighted by Crippen LogP contribution is -2.35. The Bertz CT molecular complexity index is 626. The highest BCUT2D eigenvalue weighted by atomic mass is 127. The summed E-state index contributed by atoms with van der Waals surface area (Å²) in [6.45, 7) is 6.66. The van der Waals surface area contributed by atoms with Crippen LogP contribution >= 0.6 is 22.6 Å². The summed E-state index contributed by atoms with van der Waals surface area (Å²) in [6, 6.07) is 9.11. The Morgan fingerprint density at radius 1 is 1.29 bits per heavy atom. The molecule has 1 N–H and O–H groups in total. The SMILES string of the molecule is CC(C)(C)NCc1cc(F)cnc1Oc1cccc(I)c1. The molecule has 3 nitrogen and oxygen atoms in total. The van der Waals surface area contributed by atoms with Gasteiger partial charge in [-0.3, -0.25) is 0 Å². The molecule has 0 saturated heterocycles. The molecule has 2 rings (SSSR count). The lowest BCUT2D eigenvalue weighted by atomic mass is 10.1. The first-order valence-electron chi connectivity index (χ1n) is 6.66. The van der Waals surface area contributed by atoms with E-state index in [1.165, 1.54) is 12.3 Å². The van der Waals surface area contributed by atoms with Gasteiger partial charge in [-0.05, 0) is 67.6 Å². The van der Waals surface area contributed by atoms with Crippen LogP contribution in [-0.2, 0) is 6.54 Å². The van der Waals surface area contributed by atoms with Crippen molar-refractivity contribution in [3.8, 4) is 11.6 Å². The Morgan fingerprint density at radius 3 is 2.71 bits per heavy atom. The zero-order valence-corrected chi connectivity index (χ0v) is 14.4. The lowest BCUT2D eigenvalue weighted by Gasteiger charge is -2.21. The van der Waals surface area contributed by atoms with Gasteiger partial charge >= 0.3 is 0 Å². The fourth-order valence-electron chi connectivity index (χ4n) is 1.69. The molecule has 0 unspecified atom stereocenters. The molecular weight excluding hydrogens is 382 g/mol. The topological polar surface area (TPSA) is 34.2 Å². The van der Waals surface area contributed by atoms with Crippen molar-refractivity contribution in [3.05, 3.63) is 51.5 Å². The number of hydrogen-bond donors (Lipinski definition) is 1. The molecule has 0 amide bonds.